The number of aromatic nitrogens is 2. The molecular weight excluding hydrogens is 262 g/mol. The molecule has 7 heteroatoms. The van der Waals surface area contributed by atoms with Crippen LogP contribution in [0.15, 0.2) is 10.6 Å². The van der Waals surface area contributed by atoms with Gasteiger partial charge in [-0.1, -0.05) is 5.16 Å². The third-order valence-electron chi connectivity index (χ3n) is 2.89. The molecule has 1 N–H and O–H groups in total. The SMILES string of the molecule is COC(=O)[C@H](C)NC(=O)c1cc(C)nc2onc(C)c12. The van der Waals surface area contributed by atoms with E-state index in [0.717, 1.165) is 0 Å². The first kappa shape index (κ1) is 14.0. The average Bonchev–Trinajstić information content (AvgIpc) is 2.78. The van der Waals surface area contributed by atoms with Crippen molar-refractivity contribution < 1.29 is 18.8 Å². The highest BCUT2D eigenvalue weighted by Crippen LogP contribution is 2.21. The minimum absolute atomic E-state index is 0.304. The normalized spacial score (nSPS) is 12.2. The van der Waals surface area contributed by atoms with Gasteiger partial charge in [-0.2, -0.15) is 0 Å². The van der Waals surface area contributed by atoms with Gasteiger partial charge in [-0.25, -0.2) is 9.78 Å². The van der Waals surface area contributed by atoms with E-state index in [0.29, 0.717) is 28.1 Å². The summed E-state index contributed by atoms with van der Waals surface area (Å²) in [6, 6.07) is 0.891. The fourth-order valence-electron chi connectivity index (χ4n) is 1.91. The molecule has 20 heavy (non-hydrogen) atoms. The van der Waals surface area contributed by atoms with Crippen molar-refractivity contribution in [1.82, 2.24) is 15.5 Å². The molecule has 2 aromatic rings. The summed E-state index contributed by atoms with van der Waals surface area (Å²) in [6.45, 7) is 5.02. The van der Waals surface area contributed by atoms with Crippen LogP contribution >= 0.6 is 0 Å². The summed E-state index contributed by atoms with van der Waals surface area (Å²) in [6.07, 6.45) is 0. The average molecular weight is 277 g/mol. The quantitative estimate of drug-likeness (QED) is 0.845. The molecule has 0 radical (unpaired) electrons. The Hall–Kier alpha value is -2.44. The van der Waals surface area contributed by atoms with Gasteiger partial charge in [0.2, 0.25) is 0 Å². The summed E-state index contributed by atoms with van der Waals surface area (Å²) in [5, 5.41) is 6.92. The molecule has 2 rings (SSSR count). The summed E-state index contributed by atoms with van der Waals surface area (Å²) in [5.41, 5.74) is 1.88. The van der Waals surface area contributed by atoms with Crippen molar-refractivity contribution >= 4 is 23.0 Å². The van der Waals surface area contributed by atoms with Crippen molar-refractivity contribution in [2.45, 2.75) is 26.8 Å². The van der Waals surface area contributed by atoms with Gasteiger partial charge in [0.05, 0.1) is 23.8 Å². The van der Waals surface area contributed by atoms with Crippen molar-refractivity contribution in [3.63, 3.8) is 0 Å². The maximum Gasteiger partial charge on any atom is 0.328 e. The highest BCUT2D eigenvalue weighted by molar-refractivity contribution is 6.07. The van der Waals surface area contributed by atoms with Crippen molar-refractivity contribution in [3.8, 4) is 0 Å². The van der Waals surface area contributed by atoms with E-state index in [-0.39, 0.29) is 0 Å². The summed E-state index contributed by atoms with van der Waals surface area (Å²) in [5.74, 6) is -0.910. The van der Waals surface area contributed by atoms with Crippen LogP contribution in [0.5, 0.6) is 0 Å². The predicted molar refractivity (Wildman–Crippen MR) is 70.2 cm³/mol. The molecule has 0 aliphatic carbocycles. The molecule has 0 unspecified atom stereocenters. The maximum absolute atomic E-state index is 12.3. The maximum atomic E-state index is 12.3. The zero-order valence-electron chi connectivity index (χ0n) is 11.7. The molecule has 0 aliphatic heterocycles. The Bertz CT molecular complexity index is 678. The Morgan fingerprint density at radius 2 is 2.10 bits per heavy atom. The Balaban J connectivity index is 2.39. The van der Waals surface area contributed by atoms with Gasteiger partial charge < -0.3 is 14.6 Å². The van der Waals surface area contributed by atoms with Crippen LogP contribution in [0.3, 0.4) is 0 Å². The number of esters is 1. The minimum Gasteiger partial charge on any atom is -0.467 e. The minimum atomic E-state index is -0.740. The molecule has 2 heterocycles. The van der Waals surface area contributed by atoms with E-state index in [1.165, 1.54) is 7.11 Å². The number of carbonyl (C=O) groups excluding carboxylic acids is 2. The summed E-state index contributed by atoms with van der Waals surface area (Å²) in [7, 11) is 1.27. The van der Waals surface area contributed by atoms with E-state index in [4.69, 9.17) is 4.52 Å². The number of hydrogen-bond acceptors (Lipinski definition) is 6. The van der Waals surface area contributed by atoms with Crippen LogP contribution < -0.4 is 5.32 Å². The van der Waals surface area contributed by atoms with Crippen LogP contribution in [0.4, 0.5) is 0 Å². The van der Waals surface area contributed by atoms with Crippen LogP contribution in [-0.2, 0) is 9.53 Å². The summed E-state index contributed by atoms with van der Waals surface area (Å²) < 4.78 is 9.63. The molecule has 106 valence electrons. The molecule has 1 amide bonds. The second kappa shape index (κ2) is 5.28. The number of nitrogens with one attached hydrogen (secondary N) is 1. The lowest BCUT2D eigenvalue weighted by molar-refractivity contribution is -0.142. The molecule has 0 saturated heterocycles. The Labute approximate surface area is 115 Å². The molecule has 0 spiro atoms. The van der Waals surface area contributed by atoms with Gasteiger partial charge in [0, 0.05) is 5.69 Å². The third-order valence-corrected chi connectivity index (χ3v) is 2.89. The van der Waals surface area contributed by atoms with Crippen molar-refractivity contribution in [2.24, 2.45) is 0 Å². The second-order valence-corrected chi connectivity index (χ2v) is 4.48. The fourth-order valence-corrected chi connectivity index (χ4v) is 1.91. The van der Waals surface area contributed by atoms with Crippen LogP contribution in [0.2, 0.25) is 0 Å². The van der Waals surface area contributed by atoms with E-state index < -0.39 is 17.9 Å². The number of rotatable bonds is 3. The van der Waals surface area contributed by atoms with E-state index in [1.54, 1.807) is 26.8 Å². The van der Waals surface area contributed by atoms with Gasteiger partial charge in [-0.3, -0.25) is 4.79 Å². The standard InChI is InChI=1S/C13H15N3O4/c1-6-5-9(10-7(2)16-20-12(10)14-6)11(17)15-8(3)13(18)19-4/h5,8H,1-4H3,(H,15,17)/t8-/m0/s1. The smallest absolute Gasteiger partial charge is 0.328 e. The Kier molecular flexibility index (Phi) is 3.69. The molecule has 0 aliphatic rings. The zero-order valence-corrected chi connectivity index (χ0v) is 11.7. The number of nitrogens with zero attached hydrogens (tertiary/aromatic N) is 2. The first-order chi connectivity index (χ1) is 9.43. The second-order valence-electron chi connectivity index (χ2n) is 4.48. The van der Waals surface area contributed by atoms with Crippen LogP contribution in [0, 0.1) is 13.8 Å². The molecule has 1 atom stereocenters. The fraction of sp³-hybridized carbons (Fsp3) is 0.385. The van der Waals surface area contributed by atoms with E-state index in [2.05, 4.69) is 20.2 Å². The number of ether oxygens (including phenoxy) is 1. The number of pyridine rings is 1. The molecule has 7 nitrogen and oxygen atoms in total. The topological polar surface area (TPSA) is 94.3 Å². The molecule has 2 aromatic heterocycles. The number of hydrogen-bond donors (Lipinski definition) is 1. The van der Waals surface area contributed by atoms with Gasteiger partial charge in [-0.05, 0) is 26.8 Å². The highest BCUT2D eigenvalue weighted by Gasteiger charge is 2.21. The number of amides is 1. The van der Waals surface area contributed by atoms with Crippen molar-refractivity contribution in [2.75, 3.05) is 7.11 Å². The lowest BCUT2D eigenvalue weighted by atomic mass is 10.1. The first-order valence-electron chi connectivity index (χ1n) is 6.06. The molecular formula is C13H15N3O4. The number of aryl methyl sites for hydroxylation is 2. The Morgan fingerprint density at radius 1 is 1.40 bits per heavy atom. The van der Waals surface area contributed by atoms with Crippen molar-refractivity contribution in [3.05, 3.63) is 23.0 Å². The lowest BCUT2D eigenvalue weighted by Crippen LogP contribution is -2.39. The van der Waals surface area contributed by atoms with Gasteiger partial charge in [0.25, 0.3) is 11.6 Å². The number of methoxy groups -OCH3 is 1. The molecule has 0 aromatic carbocycles. The highest BCUT2D eigenvalue weighted by atomic mass is 16.5. The predicted octanol–water partition coefficient (Wildman–Crippen LogP) is 1.13. The third kappa shape index (κ3) is 2.47. The zero-order chi connectivity index (χ0) is 14.9. The van der Waals surface area contributed by atoms with Gasteiger partial charge in [0.15, 0.2) is 0 Å². The number of carbonyl (C=O) groups is 2. The van der Waals surface area contributed by atoms with Gasteiger partial charge in [-0.15, -0.1) is 0 Å². The van der Waals surface area contributed by atoms with Gasteiger partial charge in [0.1, 0.15) is 6.04 Å². The van der Waals surface area contributed by atoms with Gasteiger partial charge >= 0.3 is 5.97 Å². The largest absolute Gasteiger partial charge is 0.467 e. The number of fused-ring (bicyclic) bond motifs is 1. The molecule has 0 bridgehead atoms. The first-order valence-corrected chi connectivity index (χ1v) is 6.06. The molecule has 0 fully saturated rings. The van der Waals surface area contributed by atoms with Crippen LogP contribution in [0.1, 0.15) is 28.7 Å². The van der Waals surface area contributed by atoms with E-state index in [1.807, 2.05) is 0 Å². The van der Waals surface area contributed by atoms with E-state index in [9.17, 15) is 9.59 Å². The van der Waals surface area contributed by atoms with E-state index >= 15 is 0 Å². The van der Waals surface area contributed by atoms with Crippen molar-refractivity contribution in [1.29, 1.82) is 0 Å². The summed E-state index contributed by atoms with van der Waals surface area (Å²) >= 11 is 0. The van der Waals surface area contributed by atoms with Crippen LogP contribution in [-0.4, -0.2) is 35.2 Å². The lowest BCUT2D eigenvalue weighted by Gasteiger charge is -2.12. The Morgan fingerprint density at radius 3 is 2.75 bits per heavy atom. The molecule has 0 saturated carbocycles. The monoisotopic (exact) mass is 277 g/mol. The van der Waals surface area contributed by atoms with Crippen LogP contribution in [0.25, 0.3) is 11.1 Å². The summed E-state index contributed by atoms with van der Waals surface area (Å²) in [4.78, 5) is 27.8.